The van der Waals surface area contributed by atoms with Gasteiger partial charge in [-0.1, -0.05) is 43.7 Å². The standard InChI is InChI=1S/C28H24F2N8/c1-3-16-10-18(11-16)37-14-17(13-33-37)19-6-4-8-22(29)21(19)12-25-35-28-27(31)34-24(15-38(28)36-25)20-7-5-9-23(32-2)26(20)30/h4-9,13-16,18H,3,10-12H2,1H3,(H2,31,34). The van der Waals surface area contributed by atoms with E-state index in [1.807, 2.05) is 16.9 Å². The number of hydrogen-bond acceptors (Lipinski definition) is 5. The lowest BCUT2D eigenvalue weighted by molar-refractivity contribution is 0.179. The summed E-state index contributed by atoms with van der Waals surface area (Å²) >= 11 is 0. The van der Waals surface area contributed by atoms with Crippen molar-refractivity contribution in [3.8, 4) is 22.4 Å². The van der Waals surface area contributed by atoms with Gasteiger partial charge in [0.05, 0.1) is 30.7 Å². The molecule has 3 heterocycles. The predicted molar refractivity (Wildman–Crippen MR) is 139 cm³/mol. The van der Waals surface area contributed by atoms with E-state index in [0.29, 0.717) is 17.4 Å². The summed E-state index contributed by atoms with van der Waals surface area (Å²) in [5.41, 5.74) is 8.68. The van der Waals surface area contributed by atoms with Gasteiger partial charge in [-0.25, -0.2) is 28.1 Å². The highest BCUT2D eigenvalue weighted by molar-refractivity contribution is 5.71. The average Bonchev–Trinajstić information content (AvgIpc) is 3.52. The fourth-order valence-corrected chi connectivity index (χ4v) is 5.06. The first kappa shape index (κ1) is 23.7. The van der Waals surface area contributed by atoms with Gasteiger partial charge < -0.3 is 5.73 Å². The molecule has 0 aliphatic heterocycles. The molecule has 1 saturated carbocycles. The van der Waals surface area contributed by atoms with Crippen LogP contribution >= 0.6 is 0 Å². The first-order valence-electron chi connectivity index (χ1n) is 12.4. The van der Waals surface area contributed by atoms with Crippen molar-refractivity contribution < 1.29 is 8.78 Å². The Labute approximate surface area is 217 Å². The molecule has 190 valence electrons. The fourth-order valence-electron chi connectivity index (χ4n) is 5.06. The number of nitrogens with two attached hydrogens (primary N) is 1. The van der Waals surface area contributed by atoms with Crippen LogP contribution in [-0.4, -0.2) is 29.4 Å². The highest BCUT2D eigenvalue weighted by Crippen LogP contribution is 2.40. The maximum atomic E-state index is 15.1. The van der Waals surface area contributed by atoms with Crippen LogP contribution in [0.25, 0.3) is 32.9 Å². The van der Waals surface area contributed by atoms with Crippen molar-refractivity contribution in [2.75, 3.05) is 5.73 Å². The van der Waals surface area contributed by atoms with Gasteiger partial charge in [-0.15, -0.1) is 0 Å². The zero-order chi connectivity index (χ0) is 26.4. The number of hydrogen-bond donors (Lipinski definition) is 1. The summed E-state index contributed by atoms with van der Waals surface area (Å²) in [5, 5.41) is 9.04. The minimum Gasteiger partial charge on any atom is -0.381 e. The fraction of sp³-hybridized carbons (Fsp3) is 0.250. The third kappa shape index (κ3) is 4.06. The van der Waals surface area contributed by atoms with Crippen LogP contribution in [0.4, 0.5) is 20.3 Å². The molecule has 0 saturated heterocycles. The molecule has 0 atom stereocenters. The number of anilines is 1. The zero-order valence-electron chi connectivity index (χ0n) is 20.6. The Balaban J connectivity index is 1.33. The number of fused-ring (bicyclic) bond motifs is 1. The third-order valence-electron chi connectivity index (χ3n) is 7.29. The summed E-state index contributed by atoms with van der Waals surface area (Å²) in [4.78, 5) is 12.0. The number of rotatable bonds is 6. The Morgan fingerprint density at radius 3 is 2.66 bits per heavy atom. The smallest absolute Gasteiger partial charge is 0.222 e. The van der Waals surface area contributed by atoms with Crippen LogP contribution < -0.4 is 5.73 Å². The normalized spacial score (nSPS) is 16.9. The topological polar surface area (TPSA) is 91.3 Å². The molecule has 0 radical (unpaired) electrons. The molecule has 0 unspecified atom stereocenters. The highest BCUT2D eigenvalue weighted by Gasteiger charge is 2.29. The van der Waals surface area contributed by atoms with Crippen LogP contribution in [0.3, 0.4) is 0 Å². The lowest BCUT2D eigenvalue weighted by Gasteiger charge is -2.34. The molecule has 1 aliphatic rings. The maximum absolute atomic E-state index is 15.1. The van der Waals surface area contributed by atoms with Gasteiger partial charge in [0.15, 0.2) is 17.3 Å². The molecule has 1 aliphatic carbocycles. The van der Waals surface area contributed by atoms with Crippen LogP contribution in [0.2, 0.25) is 0 Å². The zero-order valence-corrected chi connectivity index (χ0v) is 20.6. The van der Waals surface area contributed by atoms with Crippen molar-refractivity contribution in [3.05, 3.63) is 89.4 Å². The second-order valence-corrected chi connectivity index (χ2v) is 9.61. The van der Waals surface area contributed by atoms with Gasteiger partial charge in [0.25, 0.3) is 0 Å². The molecule has 2 aromatic carbocycles. The predicted octanol–water partition coefficient (Wildman–Crippen LogP) is 6.02. The molecule has 0 spiro atoms. The van der Waals surface area contributed by atoms with Crippen LogP contribution in [0, 0.1) is 24.1 Å². The van der Waals surface area contributed by atoms with Gasteiger partial charge >= 0.3 is 0 Å². The molecule has 6 rings (SSSR count). The van der Waals surface area contributed by atoms with Crippen LogP contribution in [-0.2, 0) is 6.42 Å². The molecular formula is C28H24F2N8. The summed E-state index contributed by atoms with van der Waals surface area (Å²) in [7, 11) is 0. The summed E-state index contributed by atoms with van der Waals surface area (Å²) in [6.07, 6.45) is 8.77. The van der Waals surface area contributed by atoms with E-state index < -0.39 is 5.82 Å². The first-order chi connectivity index (χ1) is 18.4. The molecule has 10 heteroatoms. The molecule has 38 heavy (non-hydrogen) atoms. The minimum atomic E-state index is -0.683. The van der Waals surface area contributed by atoms with Crippen LogP contribution in [0.15, 0.2) is 55.0 Å². The van der Waals surface area contributed by atoms with Crippen molar-refractivity contribution >= 4 is 17.2 Å². The molecule has 3 aromatic heterocycles. The second kappa shape index (κ2) is 9.34. The average molecular weight is 511 g/mol. The Bertz CT molecular complexity index is 1710. The molecule has 5 aromatic rings. The SMILES string of the molecule is [C-]#[N+]c1cccc(-c2cn3nc(Cc4c(F)cccc4-c4cnn(C5CC(CC)C5)c4)nc3c(N)n2)c1F. The van der Waals surface area contributed by atoms with Crippen molar-refractivity contribution in [2.45, 2.75) is 38.6 Å². The monoisotopic (exact) mass is 510 g/mol. The molecule has 1 fully saturated rings. The van der Waals surface area contributed by atoms with Gasteiger partial charge in [0.2, 0.25) is 5.69 Å². The Morgan fingerprint density at radius 2 is 1.87 bits per heavy atom. The van der Waals surface area contributed by atoms with E-state index in [1.165, 1.54) is 35.3 Å². The van der Waals surface area contributed by atoms with E-state index >= 15 is 4.39 Å². The number of nitrogen functional groups attached to an aromatic ring is 1. The number of halogens is 2. The van der Waals surface area contributed by atoms with Gasteiger partial charge in [-0.3, -0.25) is 4.68 Å². The molecule has 8 nitrogen and oxygen atoms in total. The second-order valence-electron chi connectivity index (χ2n) is 9.61. The Morgan fingerprint density at radius 1 is 1.08 bits per heavy atom. The molecule has 0 bridgehead atoms. The number of aromatic nitrogens is 6. The van der Waals surface area contributed by atoms with E-state index in [-0.39, 0.29) is 40.6 Å². The summed E-state index contributed by atoms with van der Waals surface area (Å²) in [5.74, 6) is 0.0877. The summed E-state index contributed by atoms with van der Waals surface area (Å²) in [6, 6.07) is 9.84. The third-order valence-corrected chi connectivity index (χ3v) is 7.29. The van der Waals surface area contributed by atoms with E-state index in [4.69, 9.17) is 12.3 Å². The summed E-state index contributed by atoms with van der Waals surface area (Å²) in [6.45, 7) is 9.36. The Hall–Kier alpha value is -4.65. The van der Waals surface area contributed by atoms with Gasteiger partial charge in [0, 0.05) is 29.3 Å². The number of nitrogens with zero attached hydrogens (tertiary/aromatic N) is 7. The highest BCUT2D eigenvalue weighted by atomic mass is 19.1. The van der Waals surface area contributed by atoms with Crippen molar-refractivity contribution in [1.82, 2.24) is 29.4 Å². The van der Waals surface area contributed by atoms with E-state index in [9.17, 15) is 4.39 Å². The van der Waals surface area contributed by atoms with E-state index in [1.54, 1.807) is 18.3 Å². The summed E-state index contributed by atoms with van der Waals surface area (Å²) < 4.78 is 33.3. The lowest BCUT2D eigenvalue weighted by Crippen LogP contribution is -2.26. The van der Waals surface area contributed by atoms with Crippen LogP contribution in [0.1, 0.15) is 43.6 Å². The lowest BCUT2D eigenvalue weighted by atomic mass is 9.79. The molecule has 0 amide bonds. The Kier molecular flexibility index (Phi) is 5.83. The largest absolute Gasteiger partial charge is 0.381 e. The van der Waals surface area contributed by atoms with E-state index in [0.717, 1.165) is 29.9 Å². The van der Waals surface area contributed by atoms with Crippen LogP contribution in [0.5, 0.6) is 0 Å². The van der Waals surface area contributed by atoms with Gasteiger partial charge in [-0.2, -0.15) is 10.2 Å². The molecule has 2 N–H and O–H groups in total. The van der Waals surface area contributed by atoms with E-state index in [2.05, 4.69) is 31.9 Å². The number of benzene rings is 2. The maximum Gasteiger partial charge on any atom is 0.222 e. The van der Waals surface area contributed by atoms with Gasteiger partial charge in [0.1, 0.15) is 11.6 Å². The van der Waals surface area contributed by atoms with Crippen molar-refractivity contribution in [1.29, 1.82) is 0 Å². The van der Waals surface area contributed by atoms with Crippen molar-refractivity contribution in [2.24, 2.45) is 5.92 Å². The quantitative estimate of drug-likeness (QED) is 0.282. The van der Waals surface area contributed by atoms with Crippen molar-refractivity contribution in [3.63, 3.8) is 0 Å². The first-order valence-corrected chi connectivity index (χ1v) is 12.4. The molecular weight excluding hydrogens is 486 g/mol. The minimum absolute atomic E-state index is 0.0507. The van der Waals surface area contributed by atoms with Gasteiger partial charge in [-0.05, 0) is 30.4 Å².